The van der Waals surface area contributed by atoms with Crippen LogP contribution in [0.2, 0.25) is 0 Å². The molecule has 0 fully saturated rings. The normalized spacial score (nSPS) is 10.7. The Labute approximate surface area is 142 Å². The first kappa shape index (κ1) is 16.7. The summed E-state index contributed by atoms with van der Waals surface area (Å²) in [5, 5.41) is 7.03. The van der Waals surface area contributed by atoms with Crippen molar-refractivity contribution >= 4 is 5.91 Å². The maximum absolute atomic E-state index is 13.6. The van der Waals surface area contributed by atoms with Gasteiger partial charge in [-0.2, -0.15) is 5.10 Å². The number of carbonyl (C=O) groups is 1. The molecule has 0 aliphatic heterocycles. The van der Waals surface area contributed by atoms with E-state index in [1.807, 2.05) is 0 Å². The van der Waals surface area contributed by atoms with Crippen LogP contribution in [0.15, 0.2) is 42.9 Å². The van der Waals surface area contributed by atoms with E-state index >= 15 is 0 Å². The van der Waals surface area contributed by atoms with Crippen molar-refractivity contribution in [3.63, 3.8) is 0 Å². The Kier molecular flexibility index (Phi) is 4.78. The molecule has 0 aliphatic rings. The number of rotatable bonds is 5. The Bertz CT molecular complexity index is 895. The molecule has 0 aliphatic carbocycles. The van der Waals surface area contributed by atoms with Crippen LogP contribution in [0.5, 0.6) is 0 Å². The first-order valence-electron chi connectivity index (χ1n) is 7.53. The number of carbonyl (C=O) groups excluding carboxylic acids is 1. The molecule has 25 heavy (non-hydrogen) atoms. The molecule has 0 atom stereocenters. The van der Waals surface area contributed by atoms with E-state index in [1.54, 1.807) is 36.4 Å². The molecule has 128 valence electrons. The number of aromatic nitrogens is 4. The van der Waals surface area contributed by atoms with Crippen LogP contribution in [0.4, 0.5) is 8.78 Å². The van der Waals surface area contributed by atoms with Crippen molar-refractivity contribution < 1.29 is 13.6 Å². The van der Waals surface area contributed by atoms with Gasteiger partial charge in [0.05, 0.1) is 24.9 Å². The Morgan fingerprint density at radius 1 is 1.20 bits per heavy atom. The van der Waals surface area contributed by atoms with Gasteiger partial charge in [-0.15, -0.1) is 0 Å². The molecule has 2 aromatic heterocycles. The predicted molar refractivity (Wildman–Crippen MR) is 86.1 cm³/mol. The van der Waals surface area contributed by atoms with Crippen molar-refractivity contribution in [2.24, 2.45) is 7.05 Å². The molecule has 8 heteroatoms. The largest absolute Gasteiger partial charge is 0.350 e. The predicted octanol–water partition coefficient (Wildman–Crippen LogP) is 2.01. The Hall–Kier alpha value is -3.16. The van der Waals surface area contributed by atoms with Gasteiger partial charge in [0, 0.05) is 25.5 Å². The van der Waals surface area contributed by atoms with E-state index in [4.69, 9.17) is 0 Å². The van der Waals surface area contributed by atoms with Gasteiger partial charge < -0.3 is 5.32 Å². The number of benzene rings is 1. The van der Waals surface area contributed by atoms with Crippen molar-refractivity contribution in [3.05, 3.63) is 65.7 Å². The van der Waals surface area contributed by atoms with E-state index < -0.39 is 11.6 Å². The van der Waals surface area contributed by atoms with Gasteiger partial charge in [0.25, 0.3) is 0 Å². The Morgan fingerprint density at radius 3 is 2.76 bits per heavy atom. The van der Waals surface area contributed by atoms with Gasteiger partial charge in [-0.1, -0.05) is 6.07 Å². The van der Waals surface area contributed by atoms with Gasteiger partial charge >= 0.3 is 0 Å². The minimum Gasteiger partial charge on any atom is -0.350 e. The molecule has 0 saturated carbocycles. The first-order chi connectivity index (χ1) is 12.0. The molecular formula is C17H15F2N5O. The van der Waals surface area contributed by atoms with Gasteiger partial charge in [0.15, 0.2) is 0 Å². The number of nitrogens with one attached hydrogen (secondary N) is 1. The zero-order valence-corrected chi connectivity index (χ0v) is 13.4. The third-order valence-electron chi connectivity index (χ3n) is 3.64. The summed E-state index contributed by atoms with van der Waals surface area (Å²) in [6.07, 6.45) is 4.58. The average molecular weight is 343 g/mol. The maximum Gasteiger partial charge on any atom is 0.224 e. The van der Waals surface area contributed by atoms with Crippen LogP contribution in [0.1, 0.15) is 11.3 Å². The zero-order chi connectivity index (χ0) is 17.8. The van der Waals surface area contributed by atoms with Gasteiger partial charge in [-0.05, 0) is 17.7 Å². The molecule has 1 amide bonds. The second-order valence-corrected chi connectivity index (χ2v) is 5.42. The number of hydrogen-bond donors (Lipinski definition) is 1. The molecule has 1 N–H and O–H groups in total. The third-order valence-corrected chi connectivity index (χ3v) is 3.64. The first-order valence-corrected chi connectivity index (χ1v) is 7.53. The summed E-state index contributed by atoms with van der Waals surface area (Å²) in [6.45, 7) is 0.228. The summed E-state index contributed by atoms with van der Waals surface area (Å²) in [4.78, 5) is 20.2. The lowest BCUT2D eigenvalue weighted by Crippen LogP contribution is -2.26. The summed E-state index contributed by atoms with van der Waals surface area (Å²) in [5.74, 6) is -1.78. The van der Waals surface area contributed by atoms with Crippen molar-refractivity contribution in [1.29, 1.82) is 0 Å². The minimum atomic E-state index is -0.736. The smallest absolute Gasteiger partial charge is 0.224 e. The van der Waals surface area contributed by atoms with E-state index in [0.717, 1.165) is 17.8 Å². The molecule has 3 aromatic rings. The molecular weight excluding hydrogens is 328 g/mol. The highest BCUT2D eigenvalue weighted by Gasteiger charge is 2.12. The van der Waals surface area contributed by atoms with Crippen LogP contribution >= 0.6 is 0 Å². The summed E-state index contributed by atoms with van der Waals surface area (Å²) in [7, 11) is 1.75. The molecule has 0 bridgehead atoms. The van der Waals surface area contributed by atoms with Crippen LogP contribution in [-0.4, -0.2) is 25.7 Å². The molecule has 0 radical (unpaired) electrons. The lowest BCUT2D eigenvalue weighted by atomic mass is 10.1. The second-order valence-electron chi connectivity index (χ2n) is 5.42. The summed E-state index contributed by atoms with van der Waals surface area (Å²) in [5.41, 5.74) is 2.17. The summed E-state index contributed by atoms with van der Waals surface area (Å²) < 4.78 is 28.1. The lowest BCUT2D eigenvalue weighted by Gasteiger charge is -2.06. The monoisotopic (exact) mass is 343 g/mol. The topological polar surface area (TPSA) is 72.7 Å². The molecule has 2 heterocycles. The highest BCUT2D eigenvalue weighted by molar-refractivity contribution is 5.78. The van der Waals surface area contributed by atoms with Gasteiger partial charge in [-0.3, -0.25) is 19.4 Å². The molecule has 3 rings (SSSR count). The van der Waals surface area contributed by atoms with Crippen molar-refractivity contribution in [3.8, 4) is 11.4 Å². The Morgan fingerprint density at radius 2 is 2.04 bits per heavy atom. The van der Waals surface area contributed by atoms with Gasteiger partial charge in [-0.25, -0.2) is 8.78 Å². The van der Waals surface area contributed by atoms with E-state index in [2.05, 4.69) is 20.4 Å². The van der Waals surface area contributed by atoms with E-state index in [-0.39, 0.29) is 24.4 Å². The van der Waals surface area contributed by atoms with E-state index in [1.165, 1.54) is 6.07 Å². The summed E-state index contributed by atoms with van der Waals surface area (Å²) in [6, 6.07) is 4.94. The maximum atomic E-state index is 13.6. The molecule has 6 nitrogen and oxygen atoms in total. The minimum absolute atomic E-state index is 0.143. The van der Waals surface area contributed by atoms with Crippen LogP contribution < -0.4 is 5.32 Å². The highest BCUT2D eigenvalue weighted by atomic mass is 19.1. The SMILES string of the molecule is Cn1nc(-c2cnccn2)cc1CNC(=O)Cc1ccc(F)cc1F. The lowest BCUT2D eigenvalue weighted by molar-refractivity contribution is -0.120. The van der Waals surface area contributed by atoms with E-state index in [0.29, 0.717) is 11.4 Å². The second kappa shape index (κ2) is 7.16. The molecule has 0 saturated heterocycles. The molecule has 0 spiro atoms. The number of nitrogens with zero attached hydrogens (tertiary/aromatic N) is 4. The van der Waals surface area contributed by atoms with Crippen LogP contribution in [0.3, 0.4) is 0 Å². The number of amides is 1. The fraction of sp³-hybridized carbons (Fsp3) is 0.176. The molecule has 1 aromatic carbocycles. The van der Waals surface area contributed by atoms with Crippen LogP contribution in [-0.2, 0) is 24.8 Å². The van der Waals surface area contributed by atoms with Crippen LogP contribution in [0, 0.1) is 11.6 Å². The fourth-order valence-electron chi connectivity index (χ4n) is 2.32. The van der Waals surface area contributed by atoms with Crippen molar-refractivity contribution in [2.45, 2.75) is 13.0 Å². The number of aryl methyl sites for hydroxylation is 1. The number of hydrogen-bond acceptors (Lipinski definition) is 4. The standard InChI is InChI=1S/C17H15F2N5O/c1-24-13(8-15(23-24)16-10-20-4-5-21-16)9-22-17(25)6-11-2-3-12(18)7-14(11)19/h2-5,7-8,10H,6,9H2,1H3,(H,22,25). The average Bonchev–Trinajstić information content (AvgIpc) is 2.97. The fourth-order valence-corrected chi connectivity index (χ4v) is 2.32. The van der Waals surface area contributed by atoms with Gasteiger partial charge in [0.1, 0.15) is 23.0 Å². The third kappa shape index (κ3) is 4.03. The Balaban J connectivity index is 1.63. The number of halogens is 2. The quantitative estimate of drug-likeness (QED) is 0.769. The van der Waals surface area contributed by atoms with Crippen molar-refractivity contribution in [2.75, 3.05) is 0 Å². The van der Waals surface area contributed by atoms with Crippen molar-refractivity contribution in [1.82, 2.24) is 25.1 Å². The van der Waals surface area contributed by atoms with E-state index in [9.17, 15) is 13.6 Å². The zero-order valence-electron chi connectivity index (χ0n) is 13.4. The van der Waals surface area contributed by atoms with Gasteiger partial charge in [0.2, 0.25) is 5.91 Å². The van der Waals surface area contributed by atoms with Crippen LogP contribution in [0.25, 0.3) is 11.4 Å². The summed E-state index contributed by atoms with van der Waals surface area (Å²) >= 11 is 0. The highest BCUT2D eigenvalue weighted by Crippen LogP contribution is 2.15. The molecule has 0 unspecified atom stereocenters.